The highest BCUT2D eigenvalue weighted by atomic mass is 79.9. The lowest BCUT2D eigenvalue weighted by molar-refractivity contribution is 0.411. The second-order valence-corrected chi connectivity index (χ2v) is 5.74. The minimum atomic E-state index is -0.670. The van der Waals surface area contributed by atoms with Gasteiger partial charge in [0.25, 0.3) is 5.56 Å². The number of rotatable bonds is 3. The number of nitrogens with zero attached hydrogens (tertiary/aromatic N) is 2. The topological polar surface area (TPSA) is 96.7 Å². The number of ether oxygens (including phenoxy) is 1. The van der Waals surface area contributed by atoms with Gasteiger partial charge in [0, 0.05) is 5.56 Å². The van der Waals surface area contributed by atoms with Gasteiger partial charge >= 0.3 is 5.69 Å². The lowest BCUT2D eigenvalue weighted by atomic mass is 10.2. The maximum Gasteiger partial charge on any atom is 0.349 e. The molecule has 0 bridgehead atoms. The van der Waals surface area contributed by atoms with Gasteiger partial charge in [0.05, 0.1) is 28.7 Å². The quantitative estimate of drug-likeness (QED) is 0.669. The first kappa shape index (κ1) is 16.0. The third kappa shape index (κ3) is 2.83. The van der Waals surface area contributed by atoms with Crippen LogP contribution in [-0.2, 0) is 0 Å². The Morgan fingerprint density at radius 1 is 1.29 bits per heavy atom. The van der Waals surface area contributed by atoms with Crippen LogP contribution in [0.25, 0.3) is 10.9 Å². The molecule has 0 aliphatic heterocycles. The summed E-state index contributed by atoms with van der Waals surface area (Å²) in [5.74, 6) is 0.408. The predicted octanol–water partition coefficient (Wildman–Crippen LogP) is 2.05. The standard InChI is InChI=1S/C16H12BrN3O4/c1-24-10-6-9(14(21)12(17)7-10)8-18-20-15(22)11-4-2-3-5-13(11)19-16(20)23/h2-8,21H,1H3,(H,19,23). The fourth-order valence-corrected chi connectivity index (χ4v) is 2.64. The zero-order valence-corrected chi connectivity index (χ0v) is 14.1. The normalized spacial score (nSPS) is 11.2. The molecule has 0 aliphatic carbocycles. The Balaban J connectivity index is 2.14. The summed E-state index contributed by atoms with van der Waals surface area (Å²) in [6, 6.07) is 9.76. The van der Waals surface area contributed by atoms with E-state index < -0.39 is 11.2 Å². The van der Waals surface area contributed by atoms with Crippen LogP contribution in [0.15, 0.2) is 55.6 Å². The molecule has 3 rings (SSSR count). The number of methoxy groups -OCH3 is 1. The van der Waals surface area contributed by atoms with Crippen LogP contribution in [0.5, 0.6) is 11.5 Å². The molecule has 0 aliphatic rings. The Kier molecular flexibility index (Phi) is 4.22. The van der Waals surface area contributed by atoms with Gasteiger partial charge in [-0.2, -0.15) is 5.10 Å². The van der Waals surface area contributed by atoms with E-state index in [4.69, 9.17) is 4.74 Å². The van der Waals surface area contributed by atoms with Gasteiger partial charge in [-0.25, -0.2) is 4.79 Å². The van der Waals surface area contributed by atoms with Crippen molar-refractivity contribution in [1.82, 2.24) is 9.66 Å². The molecule has 0 spiro atoms. The molecule has 0 saturated heterocycles. The van der Waals surface area contributed by atoms with Gasteiger partial charge in [0.1, 0.15) is 11.5 Å². The fraction of sp³-hybridized carbons (Fsp3) is 0.0625. The largest absolute Gasteiger partial charge is 0.506 e. The van der Waals surface area contributed by atoms with Gasteiger partial charge in [-0.1, -0.05) is 12.1 Å². The molecule has 2 N–H and O–H groups in total. The molecule has 0 unspecified atom stereocenters. The maximum absolute atomic E-state index is 12.4. The number of fused-ring (bicyclic) bond motifs is 1. The average molecular weight is 390 g/mol. The van der Waals surface area contributed by atoms with Gasteiger partial charge < -0.3 is 14.8 Å². The monoisotopic (exact) mass is 389 g/mol. The first-order valence-electron chi connectivity index (χ1n) is 6.86. The summed E-state index contributed by atoms with van der Waals surface area (Å²) in [4.78, 5) is 27.0. The van der Waals surface area contributed by atoms with Crippen molar-refractivity contribution in [1.29, 1.82) is 0 Å². The van der Waals surface area contributed by atoms with E-state index in [-0.39, 0.29) is 5.75 Å². The molecule has 1 heterocycles. The SMILES string of the molecule is COc1cc(Br)c(O)c(C=Nn2c(=O)[nH]c3ccccc3c2=O)c1. The van der Waals surface area contributed by atoms with Crippen LogP contribution in [0.2, 0.25) is 0 Å². The smallest absolute Gasteiger partial charge is 0.349 e. The van der Waals surface area contributed by atoms with Crippen LogP contribution in [-0.4, -0.2) is 28.1 Å². The van der Waals surface area contributed by atoms with Crippen molar-refractivity contribution in [2.75, 3.05) is 7.11 Å². The van der Waals surface area contributed by atoms with Gasteiger partial charge in [0.15, 0.2) is 0 Å². The fourth-order valence-electron chi connectivity index (χ4n) is 2.19. The van der Waals surface area contributed by atoms with E-state index in [9.17, 15) is 14.7 Å². The number of hydrogen-bond acceptors (Lipinski definition) is 5. The Labute approximate surface area is 144 Å². The summed E-state index contributed by atoms with van der Waals surface area (Å²) in [7, 11) is 1.48. The Hall–Kier alpha value is -2.87. The van der Waals surface area contributed by atoms with Crippen molar-refractivity contribution in [3.8, 4) is 11.5 Å². The van der Waals surface area contributed by atoms with Crippen LogP contribution in [0.4, 0.5) is 0 Å². The summed E-state index contributed by atoms with van der Waals surface area (Å²) >= 11 is 3.20. The van der Waals surface area contributed by atoms with Crippen LogP contribution in [0.1, 0.15) is 5.56 Å². The summed E-state index contributed by atoms with van der Waals surface area (Å²) in [6.07, 6.45) is 1.22. The molecule has 122 valence electrons. The van der Waals surface area contributed by atoms with E-state index in [1.807, 2.05) is 0 Å². The second-order valence-electron chi connectivity index (χ2n) is 4.88. The van der Waals surface area contributed by atoms with E-state index in [1.165, 1.54) is 19.4 Å². The Morgan fingerprint density at radius 3 is 2.79 bits per heavy atom. The maximum atomic E-state index is 12.4. The van der Waals surface area contributed by atoms with Crippen molar-refractivity contribution in [3.05, 3.63) is 67.3 Å². The number of phenolic OH excluding ortho intramolecular Hbond substituents is 1. The molecule has 0 radical (unpaired) electrons. The summed E-state index contributed by atoms with van der Waals surface area (Å²) in [5.41, 5.74) is -0.491. The molecule has 0 amide bonds. The Bertz CT molecular complexity index is 1070. The number of phenols is 1. The van der Waals surface area contributed by atoms with E-state index in [1.54, 1.807) is 30.3 Å². The molecule has 24 heavy (non-hydrogen) atoms. The number of halogens is 1. The predicted molar refractivity (Wildman–Crippen MR) is 94.2 cm³/mol. The third-order valence-corrected chi connectivity index (χ3v) is 4.00. The summed E-state index contributed by atoms with van der Waals surface area (Å²) in [6.45, 7) is 0. The molecule has 3 aromatic rings. The highest BCUT2D eigenvalue weighted by Gasteiger charge is 2.09. The van der Waals surface area contributed by atoms with E-state index in [0.717, 1.165) is 0 Å². The third-order valence-electron chi connectivity index (χ3n) is 3.40. The van der Waals surface area contributed by atoms with Crippen molar-refractivity contribution in [2.24, 2.45) is 5.10 Å². The highest BCUT2D eigenvalue weighted by Crippen LogP contribution is 2.31. The number of benzene rings is 2. The first-order valence-corrected chi connectivity index (χ1v) is 7.65. The lowest BCUT2D eigenvalue weighted by Gasteiger charge is -2.06. The Morgan fingerprint density at radius 2 is 2.04 bits per heavy atom. The molecule has 0 fully saturated rings. The zero-order valence-electron chi connectivity index (χ0n) is 12.5. The molecule has 1 aromatic heterocycles. The summed E-state index contributed by atoms with van der Waals surface area (Å²) in [5, 5.41) is 14.3. The first-order chi connectivity index (χ1) is 11.5. The van der Waals surface area contributed by atoms with Crippen molar-refractivity contribution >= 4 is 33.0 Å². The van der Waals surface area contributed by atoms with E-state index >= 15 is 0 Å². The number of aromatic hydroxyl groups is 1. The number of H-pyrrole nitrogens is 1. The number of hydrogen-bond donors (Lipinski definition) is 2. The number of para-hydroxylation sites is 1. The number of aromatic amines is 1. The number of nitrogens with one attached hydrogen (secondary N) is 1. The van der Waals surface area contributed by atoms with Gasteiger partial charge in [-0.3, -0.25) is 4.79 Å². The highest BCUT2D eigenvalue weighted by molar-refractivity contribution is 9.10. The zero-order chi connectivity index (χ0) is 17.3. The second kappa shape index (κ2) is 6.32. The van der Waals surface area contributed by atoms with Gasteiger partial charge in [-0.05, 0) is 40.2 Å². The minimum absolute atomic E-state index is 0.0789. The minimum Gasteiger partial charge on any atom is -0.506 e. The molecular formula is C16H12BrN3O4. The molecule has 2 aromatic carbocycles. The molecule has 0 saturated carbocycles. The van der Waals surface area contributed by atoms with E-state index in [0.29, 0.717) is 31.4 Å². The van der Waals surface area contributed by atoms with Crippen molar-refractivity contribution in [3.63, 3.8) is 0 Å². The average Bonchev–Trinajstić information content (AvgIpc) is 2.58. The van der Waals surface area contributed by atoms with Crippen LogP contribution >= 0.6 is 15.9 Å². The molecule has 7 nitrogen and oxygen atoms in total. The molecule has 0 atom stereocenters. The van der Waals surface area contributed by atoms with Crippen molar-refractivity contribution in [2.45, 2.75) is 0 Å². The lowest BCUT2D eigenvalue weighted by Crippen LogP contribution is -2.32. The van der Waals surface area contributed by atoms with Crippen LogP contribution in [0.3, 0.4) is 0 Å². The van der Waals surface area contributed by atoms with Crippen LogP contribution < -0.4 is 16.0 Å². The van der Waals surface area contributed by atoms with Crippen molar-refractivity contribution < 1.29 is 9.84 Å². The van der Waals surface area contributed by atoms with Crippen LogP contribution in [0, 0.1) is 0 Å². The van der Waals surface area contributed by atoms with Gasteiger partial charge in [0.2, 0.25) is 0 Å². The summed E-state index contributed by atoms with van der Waals surface area (Å²) < 4.78 is 6.22. The van der Waals surface area contributed by atoms with Gasteiger partial charge in [-0.15, -0.1) is 4.68 Å². The molecular weight excluding hydrogens is 378 g/mol. The number of aromatic nitrogens is 2. The molecule has 8 heteroatoms. The van der Waals surface area contributed by atoms with E-state index in [2.05, 4.69) is 26.0 Å².